The molecule has 1 aromatic heterocycles. The second-order valence-electron chi connectivity index (χ2n) is 5.90. The first-order chi connectivity index (χ1) is 11.7. The van der Waals surface area contributed by atoms with E-state index in [1.807, 2.05) is 24.3 Å². The van der Waals surface area contributed by atoms with E-state index in [0.29, 0.717) is 24.7 Å². The molecular formula is C19H23NO4. The molecule has 24 heavy (non-hydrogen) atoms. The van der Waals surface area contributed by atoms with Gasteiger partial charge in [0.25, 0.3) is 5.91 Å². The molecule has 1 atom stereocenters. The Morgan fingerprint density at radius 3 is 2.79 bits per heavy atom. The lowest BCUT2D eigenvalue weighted by atomic mass is 10.2. The fraction of sp³-hybridized carbons (Fsp3) is 0.421. The molecule has 1 aromatic carbocycles. The van der Waals surface area contributed by atoms with E-state index in [4.69, 9.17) is 13.9 Å². The third-order valence-electron chi connectivity index (χ3n) is 4.11. The summed E-state index contributed by atoms with van der Waals surface area (Å²) < 4.78 is 16.7. The molecule has 5 nitrogen and oxygen atoms in total. The number of ether oxygens (including phenoxy) is 2. The van der Waals surface area contributed by atoms with Gasteiger partial charge in [-0.2, -0.15) is 0 Å². The van der Waals surface area contributed by atoms with Crippen LogP contribution in [-0.4, -0.2) is 25.2 Å². The molecule has 2 aromatic rings. The molecule has 0 aliphatic carbocycles. The third-order valence-corrected chi connectivity index (χ3v) is 4.11. The number of carbonyl (C=O) groups excluding carboxylic acids is 1. The lowest BCUT2D eigenvalue weighted by Crippen LogP contribution is -2.31. The summed E-state index contributed by atoms with van der Waals surface area (Å²) in [7, 11) is 0. The van der Waals surface area contributed by atoms with Crippen LogP contribution in [0.25, 0.3) is 0 Å². The highest BCUT2D eigenvalue weighted by Crippen LogP contribution is 2.16. The van der Waals surface area contributed by atoms with Gasteiger partial charge in [-0.05, 0) is 49.1 Å². The molecule has 0 spiro atoms. The van der Waals surface area contributed by atoms with Crippen LogP contribution in [-0.2, 0) is 17.8 Å². The predicted octanol–water partition coefficient (Wildman–Crippen LogP) is 3.33. The summed E-state index contributed by atoms with van der Waals surface area (Å²) in [6.07, 6.45) is 3.18. The number of hydrogen-bond donors (Lipinski definition) is 1. The Labute approximate surface area is 141 Å². The van der Waals surface area contributed by atoms with Crippen molar-refractivity contribution in [3.8, 4) is 5.75 Å². The molecule has 128 valence electrons. The zero-order chi connectivity index (χ0) is 16.8. The zero-order valence-electron chi connectivity index (χ0n) is 13.9. The maximum Gasteiger partial charge on any atom is 0.287 e. The highest BCUT2D eigenvalue weighted by molar-refractivity contribution is 5.91. The molecule has 1 saturated heterocycles. The number of nitrogens with one attached hydrogen (secondary N) is 1. The highest BCUT2D eigenvalue weighted by Gasteiger charge is 2.18. The maximum atomic E-state index is 12.1. The first kappa shape index (κ1) is 16.6. The van der Waals surface area contributed by atoms with Gasteiger partial charge in [-0.15, -0.1) is 0 Å². The Morgan fingerprint density at radius 1 is 1.25 bits per heavy atom. The van der Waals surface area contributed by atoms with E-state index in [1.54, 1.807) is 12.1 Å². The SMILES string of the molecule is CCc1ccc(OCc2ccc(C(=O)NCC3CCCO3)o2)cc1. The van der Waals surface area contributed by atoms with Crippen LogP contribution >= 0.6 is 0 Å². The lowest BCUT2D eigenvalue weighted by molar-refractivity contribution is 0.0832. The molecule has 0 radical (unpaired) electrons. The molecule has 1 fully saturated rings. The fourth-order valence-corrected chi connectivity index (χ4v) is 2.65. The van der Waals surface area contributed by atoms with E-state index >= 15 is 0 Å². The van der Waals surface area contributed by atoms with Crippen molar-refractivity contribution in [1.29, 1.82) is 0 Å². The summed E-state index contributed by atoms with van der Waals surface area (Å²) >= 11 is 0. The van der Waals surface area contributed by atoms with Gasteiger partial charge in [0, 0.05) is 13.2 Å². The number of rotatable bonds is 7. The van der Waals surface area contributed by atoms with Crippen LogP contribution in [0.1, 0.15) is 41.6 Å². The van der Waals surface area contributed by atoms with Crippen molar-refractivity contribution in [3.63, 3.8) is 0 Å². The Bertz CT molecular complexity index is 656. The molecule has 1 aliphatic rings. The Kier molecular flexibility index (Phi) is 5.54. The van der Waals surface area contributed by atoms with Gasteiger partial charge in [0.15, 0.2) is 5.76 Å². The summed E-state index contributed by atoms with van der Waals surface area (Å²) in [5.41, 5.74) is 1.27. The topological polar surface area (TPSA) is 60.7 Å². The summed E-state index contributed by atoms with van der Waals surface area (Å²) in [5, 5.41) is 2.84. The van der Waals surface area contributed by atoms with Gasteiger partial charge in [-0.1, -0.05) is 19.1 Å². The quantitative estimate of drug-likeness (QED) is 0.846. The second kappa shape index (κ2) is 8.02. The Hall–Kier alpha value is -2.27. The van der Waals surface area contributed by atoms with Crippen LogP contribution in [0.4, 0.5) is 0 Å². The molecular weight excluding hydrogens is 306 g/mol. The molecule has 3 rings (SSSR count). The number of amides is 1. The van der Waals surface area contributed by atoms with Crippen LogP contribution in [0.15, 0.2) is 40.8 Å². The third kappa shape index (κ3) is 4.38. The maximum absolute atomic E-state index is 12.1. The van der Waals surface area contributed by atoms with Crippen LogP contribution in [0, 0.1) is 0 Å². The minimum absolute atomic E-state index is 0.123. The van der Waals surface area contributed by atoms with Crippen LogP contribution in [0.2, 0.25) is 0 Å². The van der Waals surface area contributed by atoms with E-state index in [1.165, 1.54) is 5.56 Å². The van der Waals surface area contributed by atoms with Gasteiger partial charge in [-0.3, -0.25) is 4.79 Å². The number of hydrogen-bond acceptors (Lipinski definition) is 4. The van der Waals surface area contributed by atoms with E-state index in [9.17, 15) is 4.79 Å². The summed E-state index contributed by atoms with van der Waals surface area (Å²) in [6, 6.07) is 11.4. The van der Waals surface area contributed by atoms with Gasteiger partial charge in [0.05, 0.1) is 6.10 Å². The Balaban J connectivity index is 1.48. The first-order valence-corrected chi connectivity index (χ1v) is 8.45. The smallest absolute Gasteiger partial charge is 0.287 e. The van der Waals surface area contributed by atoms with E-state index < -0.39 is 0 Å². The largest absolute Gasteiger partial charge is 0.486 e. The lowest BCUT2D eigenvalue weighted by Gasteiger charge is -2.09. The standard InChI is InChI=1S/C19H23NO4/c1-2-14-5-7-15(8-6-14)23-13-17-9-10-18(24-17)19(21)20-12-16-4-3-11-22-16/h5-10,16H,2-4,11-13H2,1H3,(H,20,21). The number of carbonyl (C=O) groups is 1. The van der Waals surface area contributed by atoms with E-state index in [0.717, 1.165) is 31.6 Å². The van der Waals surface area contributed by atoms with E-state index in [2.05, 4.69) is 12.2 Å². The number of benzene rings is 1. The van der Waals surface area contributed by atoms with Gasteiger partial charge < -0.3 is 19.2 Å². The minimum Gasteiger partial charge on any atom is -0.486 e. The fourth-order valence-electron chi connectivity index (χ4n) is 2.65. The molecule has 0 saturated carbocycles. The molecule has 1 N–H and O–H groups in total. The van der Waals surface area contributed by atoms with Crippen molar-refractivity contribution in [2.45, 2.75) is 38.9 Å². The molecule has 0 bridgehead atoms. The molecule has 1 aliphatic heterocycles. The van der Waals surface area contributed by atoms with Crippen molar-refractivity contribution in [3.05, 3.63) is 53.5 Å². The van der Waals surface area contributed by atoms with Crippen molar-refractivity contribution in [2.75, 3.05) is 13.2 Å². The predicted molar refractivity (Wildman–Crippen MR) is 90.2 cm³/mol. The van der Waals surface area contributed by atoms with Crippen molar-refractivity contribution in [1.82, 2.24) is 5.32 Å². The van der Waals surface area contributed by atoms with Gasteiger partial charge in [0.2, 0.25) is 0 Å². The second-order valence-corrected chi connectivity index (χ2v) is 5.90. The normalized spacial score (nSPS) is 17.0. The van der Waals surface area contributed by atoms with Gasteiger partial charge in [0.1, 0.15) is 18.1 Å². The van der Waals surface area contributed by atoms with Crippen LogP contribution in [0.3, 0.4) is 0 Å². The van der Waals surface area contributed by atoms with Crippen LogP contribution in [0.5, 0.6) is 5.75 Å². The summed E-state index contributed by atoms with van der Waals surface area (Å²) in [5.74, 6) is 1.49. The van der Waals surface area contributed by atoms with Gasteiger partial charge in [-0.25, -0.2) is 0 Å². The van der Waals surface area contributed by atoms with Crippen molar-refractivity contribution in [2.24, 2.45) is 0 Å². The molecule has 5 heteroatoms. The zero-order valence-corrected chi connectivity index (χ0v) is 13.9. The summed E-state index contributed by atoms with van der Waals surface area (Å²) in [6.45, 7) is 3.71. The molecule has 2 heterocycles. The van der Waals surface area contributed by atoms with Gasteiger partial charge >= 0.3 is 0 Å². The molecule has 1 amide bonds. The van der Waals surface area contributed by atoms with Crippen molar-refractivity contribution < 1.29 is 18.7 Å². The average molecular weight is 329 g/mol. The highest BCUT2D eigenvalue weighted by atomic mass is 16.5. The number of aryl methyl sites for hydroxylation is 1. The monoisotopic (exact) mass is 329 g/mol. The molecule has 1 unspecified atom stereocenters. The minimum atomic E-state index is -0.218. The van der Waals surface area contributed by atoms with Crippen LogP contribution < -0.4 is 10.1 Å². The summed E-state index contributed by atoms with van der Waals surface area (Å²) in [4.78, 5) is 12.1. The van der Waals surface area contributed by atoms with Crippen molar-refractivity contribution >= 4 is 5.91 Å². The van der Waals surface area contributed by atoms with E-state index in [-0.39, 0.29) is 12.0 Å². The first-order valence-electron chi connectivity index (χ1n) is 8.45. The average Bonchev–Trinajstić information content (AvgIpc) is 3.30. The number of furan rings is 1. The Morgan fingerprint density at radius 2 is 2.08 bits per heavy atom.